The molecule has 0 aliphatic carbocycles. The fourth-order valence-electron chi connectivity index (χ4n) is 5.15. The number of rotatable bonds is 18. The number of aliphatic hydroxyl groups is 2. The quantitative estimate of drug-likeness (QED) is 0.169. The van der Waals surface area contributed by atoms with E-state index in [-0.39, 0.29) is 0 Å². The van der Waals surface area contributed by atoms with Crippen molar-refractivity contribution in [2.75, 3.05) is 52.9 Å². The van der Waals surface area contributed by atoms with Crippen LogP contribution in [0.3, 0.4) is 0 Å². The predicted octanol–water partition coefficient (Wildman–Crippen LogP) is 5.10. The smallest absolute Gasteiger partial charge is 0.175 e. The predicted molar refractivity (Wildman–Crippen MR) is 167 cm³/mol. The summed E-state index contributed by atoms with van der Waals surface area (Å²) in [6.07, 6.45) is 1.74. The molecule has 2 atom stereocenters. The van der Waals surface area contributed by atoms with E-state index >= 15 is 0 Å². The minimum Gasteiger partial charge on any atom is -0.485 e. The summed E-state index contributed by atoms with van der Waals surface area (Å²) in [4.78, 5) is 2.02. The second kappa shape index (κ2) is 15.5. The number of thiophene rings is 2. The minimum atomic E-state index is -1.83. The van der Waals surface area contributed by atoms with Gasteiger partial charge in [-0.15, -0.1) is 22.7 Å². The van der Waals surface area contributed by atoms with Gasteiger partial charge in [0.15, 0.2) is 39.6 Å². The molecule has 2 aromatic rings. The van der Waals surface area contributed by atoms with Crippen molar-refractivity contribution < 1.29 is 42.7 Å². The Morgan fingerprint density at radius 3 is 1.56 bits per heavy atom. The van der Waals surface area contributed by atoms with Crippen LogP contribution < -0.4 is 18.9 Å². The number of ether oxygens (including phenoxy) is 6. The zero-order chi connectivity index (χ0) is 29.3. The van der Waals surface area contributed by atoms with Crippen molar-refractivity contribution in [3.63, 3.8) is 0 Å². The molecule has 9 nitrogen and oxygen atoms in total. The number of fused-ring (bicyclic) bond motifs is 2. The lowest BCUT2D eigenvalue weighted by molar-refractivity contribution is 0.0369. The van der Waals surface area contributed by atoms with Gasteiger partial charge < -0.3 is 42.7 Å². The summed E-state index contributed by atoms with van der Waals surface area (Å²) >= 11 is 3.12. The molecular weight excluding hydrogens is 601 g/mol. The van der Waals surface area contributed by atoms with E-state index in [4.69, 9.17) is 32.5 Å². The van der Waals surface area contributed by atoms with Gasteiger partial charge in [-0.25, -0.2) is 0 Å². The number of hydrogen-bond donors (Lipinski definition) is 2. The summed E-state index contributed by atoms with van der Waals surface area (Å²) in [6.45, 7) is 13.2. The maximum atomic E-state index is 10.4. The molecule has 0 radical (unpaired) electrons. The molecule has 2 aromatic heterocycles. The third kappa shape index (κ3) is 10.5. The normalized spacial score (nSPS) is 16.5. The number of aliphatic hydroxyl groups excluding tert-OH is 2. The van der Waals surface area contributed by atoms with Crippen molar-refractivity contribution in [3.8, 4) is 23.0 Å². The Balaban J connectivity index is 1.04. The SMILES string of the molecule is C[Si](C)(CCCOCC(O)Cc1scc2c1OCCO2)O[Si](C)(C)CCCOCC(O)Cc1scc2c1OCCO2. The summed E-state index contributed by atoms with van der Waals surface area (Å²) in [6, 6.07) is 2.04. The first-order valence-corrected chi connectivity index (χ1v) is 22.5. The molecule has 4 heterocycles. The summed E-state index contributed by atoms with van der Waals surface area (Å²) in [5, 5.41) is 24.7. The molecule has 41 heavy (non-hydrogen) atoms. The van der Waals surface area contributed by atoms with Crippen LogP contribution in [0.4, 0.5) is 0 Å². The van der Waals surface area contributed by atoms with Crippen LogP contribution in [0.15, 0.2) is 10.8 Å². The molecule has 0 spiro atoms. The second-order valence-corrected chi connectivity index (χ2v) is 22.6. The molecule has 13 heteroatoms. The van der Waals surface area contributed by atoms with Gasteiger partial charge >= 0.3 is 0 Å². The summed E-state index contributed by atoms with van der Waals surface area (Å²) in [7, 11) is -3.66. The molecule has 0 aromatic carbocycles. The Morgan fingerprint density at radius 2 is 1.12 bits per heavy atom. The van der Waals surface area contributed by atoms with Crippen molar-refractivity contribution in [2.45, 2.75) is 76.2 Å². The van der Waals surface area contributed by atoms with E-state index in [0.717, 1.165) is 57.7 Å². The third-order valence-electron chi connectivity index (χ3n) is 6.90. The molecule has 0 amide bonds. The topological polar surface area (TPSA) is 105 Å². The van der Waals surface area contributed by atoms with Crippen LogP contribution in [0, 0.1) is 0 Å². The van der Waals surface area contributed by atoms with Gasteiger partial charge in [0.1, 0.15) is 26.4 Å². The van der Waals surface area contributed by atoms with Crippen molar-refractivity contribution in [3.05, 3.63) is 20.5 Å². The summed E-state index contributed by atoms with van der Waals surface area (Å²) < 4.78 is 40.9. The highest BCUT2D eigenvalue weighted by Crippen LogP contribution is 2.41. The fourth-order valence-corrected chi connectivity index (χ4v) is 15.9. The monoisotopic (exact) mass is 646 g/mol. The fraction of sp³-hybridized carbons (Fsp3) is 0.714. The van der Waals surface area contributed by atoms with Crippen LogP contribution in [0.1, 0.15) is 22.6 Å². The lowest BCUT2D eigenvalue weighted by Gasteiger charge is -2.34. The summed E-state index contributed by atoms with van der Waals surface area (Å²) in [5.74, 6) is 3.12. The molecule has 2 aliphatic heterocycles. The molecule has 0 saturated heterocycles. The van der Waals surface area contributed by atoms with E-state index in [9.17, 15) is 10.2 Å². The average molecular weight is 647 g/mol. The highest BCUT2D eigenvalue weighted by atomic mass is 32.1. The van der Waals surface area contributed by atoms with Crippen LogP contribution in [-0.4, -0.2) is 91.9 Å². The Morgan fingerprint density at radius 1 is 0.707 bits per heavy atom. The van der Waals surface area contributed by atoms with Gasteiger partial charge in [-0.1, -0.05) is 0 Å². The standard InChI is InChI=1S/C28H46O9S2Si2/c1-40(2,13-5-7-31-17-21(29)15-25-27-23(19-38-25)33-9-11-35-27)37-41(3,4)14-6-8-32-18-22(30)16-26-28-24(20-39-26)34-10-12-36-28/h19-22,29-30H,5-18H2,1-4H3. The van der Waals surface area contributed by atoms with Crippen LogP contribution in [0.5, 0.6) is 23.0 Å². The molecule has 2 N–H and O–H groups in total. The first-order chi connectivity index (χ1) is 19.6. The molecule has 4 rings (SSSR count). The van der Waals surface area contributed by atoms with E-state index in [1.165, 1.54) is 0 Å². The van der Waals surface area contributed by atoms with E-state index in [1.807, 2.05) is 10.8 Å². The van der Waals surface area contributed by atoms with Gasteiger partial charge in [0.2, 0.25) is 0 Å². The van der Waals surface area contributed by atoms with E-state index in [1.54, 1.807) is 22.7 Å². The van der Waals surface area contributed by atoms with Gasteiger partial charge in [-0.2, -0.15) is 0 Å². The van der Waals surface area contributed by atoms with Crippen molar-refractivity contribution in [1.29, 1.82) is 0 Å². The largest absolute Gasteiger partial charge is 0.485 e. The van der Waals surface area contributed by atoms with E-state index < -0.39 is 28.8 Å². The Kier molecular flexibility index (Phi) is 12.4. The van der Waals surface area contributed by atoms with E-state index in [2.05, 4.69) is 26.2 Å². The molecule has 232 valence electrons. The molecule has 2 aliphatic rings. The lowest BCUT2D eigenvalue weighted by Crippen LogP contribution is -2.44. The van der Waals surface area contributed by atoms with Crippen LogP contribution in [0.2, 0.25) is 38.3 Å². The van der Waals surface area contributed by atoms with Gasteiger partial charge in [0, 0.05) is 36.8 Å². The lowest BCUT2D eigenvalue weighted by atomic mass is 10.2. The Bertz CT molecular complexity index is 993. The Hall–Kier alpha value is -1.17. The molecule has 0 fully saturated rings. The third-order valence-corrected chi connectivity index (χ3v) is 16.4. The van der Waals surface area contributed by atoms with Gasteiger partial charge in [0.25, 0.3) is 0 Å². The van der Waals surface area contributed by atoms with Crippen molar-refractivity contribution in [2.24, 2.45) is 0 Å². The first kappa shape index (κ1) is 32.7. The van der Waals surface area contributed by atoms with E-state index in [0.29, 0.717) is 65.7 Å². The average Bonchev–Trinajstić information content (AvgIpc) is 3.52. The van der Waals surface area contributed by atoms with Gasteiger partial charge in [0.05, 0.1) is 35.2 Å². The van der Waals surface area contributed by atoms with Crippen LogP contribution in [-0.2, 0) is 26.4 Å². The molecule has 0 bridgehead atoms. The zero-order valence-corrected chi connectivity index (χ0v) is 28.4. The van der Waals surface area contributed by atoms with Crippen molar-refractivity contribution in [1.82, 2.24) is 0 Å². The number of hydrogen-bond acceptors (Lipinski definition) is 11. The maximum Gasteiger partial charge on any atom is 0.175 e. The Labute approximate surface area is 253 Å². The second-order valence-electron chi connectivity index (χ2n) is 11.8. The summed E-state index contributed by atoms with van der Waals surface area (Å²) in [5.41, 5.74) is 0. The highest BCUT2D eigenvalue weighted by Gasteiger charge is 2.32. The zero-order valence-electron chi connectivity index (χ0n) is 24.8. The van der Waals surface area contributed by atoms with Gasteiger partial charge in [-0.05, 0) is 51.1 Å². The highest BCUT2D eigenvalue weighted by molar-refractivity contribution is 7.11. The maximum absolute atomic E-state index is 10.4. The van der Waals surface area contributed by atoms with Crippen LogP contribution >= 0.6 is 22.7 Å². The molecular formula is C28H46O9S2Si2. The minimum absolute atomic E-state index is 0.309. The molecule has 0 saturated carbocycles. The molecule has 2 unspecified atom stereocenters. The van der Waals surface area contributed by atoms with Crippen molar-refractivity contribution >= 4 is 39.3 Å². The first-order valence-electron chi connectivity index (χ1n) is 14.6. The van der Waals surface area contributed by atoms with Crippen LogP contribution in [0.25, 0.3) is 0 Å². The van der Waals surface area contributed by atoms with Gasteiger partial charge in [-0.3, -0.25) is 0 Å².